The van der Waals surface area contributed by atoms with Gasteiger partial charge in [-0.15, -0.1) is 0 Å². The van der Waals surface area contributed by atoms with Crippen molar-refractivity contribution in [1.82, 2.24) is 10.2 Å². The van der Waals surface area contributed by atoms with Gasteiger partial charge in [0, 0.05) is 35.7 Å². The van der Waals surface area contributed by atoms with E-state index in [4.69, 9.17) is 16.3 Å². The molecule has 0 aliphatic rings. The number of rotatable bonds is 14. The Balaban J connectivity index is 1.90. The van der Waals surface area contributed by atoms with E-state index in [-0.39, 0.29) is 41.0 Å². The minimum Gasteiger partial charge on any atom is -0.495 e. The van der Waals surface area contributed by atoms with Crippen molar-refractivity contribution in [2.24, 2.45) is 0 Å². The number of sulfonamides is 1. The van der Waals surface area contributed by atoms with E-state index in [9.17, 15) is 28.1 Å². The van der Waals surface area contributed by atoms with Crippen LogP contribution in [0.2, 0.25) is 5.02 Å². The number of carbonyl (C=O) groups is 2. The topological polar surface area (TPSA) is 139 Å². The molecule has 0 radical (unpaired) electrons. The molecule has 1 atom stereocenters. The van der Waals surface area contributed by atoms with Crippen LogP contribution in [0.5, 0.6) is 5.75 Å². The average molecular weight is 707 g/mol. The third-order valence-electron chi connectivity index (χ3n) is 7.79. The van der Waals surface area contributed by atoms with Crippen molar-refractivity contribution in [2.75, 3.05) is 18.0 Å². The fourth-order valence-corrected chi connectivity index (χ4v) is 6.99. The summed E-state index contributed by atoms with van der Waals surface area (Å²) in [4.78, 5) is 40.6. The van der Waals surface area contributed by atoms with Gasteiger partial charge in [0.2, 0.25) is 11.8 Å². The van der Waals surface area contributed by atoms with Crippen LogP contribution in [0.25, 0.3) is 0 Å². The van der Waals surface area contributed by atoms with Crippen LogP contribution in [0.15, 0.2) is 95.9 Å². The maximum atomic E-state index is 14.7. The first-order valence-electron chi connectivity index (χ1n) is 15.5. The average Bonchev–Trinajstić information content (AvgIpc) is 3.05. The van der Waals surface area contributed by atoms with Gasteiger partial charge >= 0.3 is 0 Å². The van der Waals surface area contributed by atoms with E-state index in [1.165, 1.54) is 49.3 Å². The zero-order chi connectivity index (χ0) is 35.9. The van der Waals surface area contributed by atoms with Crippen molar-refractivity contribution < 1.29 is 27.7 Å². The van der Waals surface area contributed by atoms with Gasteiger partial charge in [-0.05, 0) is 63.1 Å². The molecule has 0 heterocycles. The summed E-state index contributed by atoms with van der Waals surface area (Å²) in [7, 11) is -3.33. The summed E-state index contributed by atoms with van der Waals surface area (Å²) in [5.74, 6) is -1.02. The van der Waals surface area contributed by atoms with Crippen LogP contribution < -0.4 is 14.4 Å². The molecule has 0 fully saturated rings. The molecule has 0 aromatic heterocycles. The zero-order valence-corrected chi connectivity index (χ0v) is 29.5. The van der Waals surface area contributed by atoms with Crippen molar-refractivity contribution in [1.29, 1.82) is 0 Å². The molecular formula is C36H39ClN4O7S. The molecule has 49 heavy (non-hydrogen) atoms. The van der Waals surface area contributed by atoms with Crippen LogP contribution in [0, 0.1) is 24.0 Å². The molecular weight excluding hydrogens is 668 g/mol. The lowest BCUT2D eigenvalue weighted by Gasteiger charge is -2.34. The van der Waals surface area contributed by atoms with Gasteiger partial charge in [-0.3, -0.25) is 24.0 Å². The van der Waals surface area contributed by atoms with Gasteiger partial charge in [-0.25, -0.2) is 8.42 Å². The molecule has 11 nitrogen and oxygen atoms in total. The number of carbonyl (C=O) groups excluding carboxylic acids is 2. The van der Waals surface area contributed by atoms with Crippen LogP contribution in [0.1, 0.15) is 36.1 Å². The first kappa shape index (κ1) is 36.9. The molecule has 4 aromatic rings. The molecule has 0 spiro atoms. The Morgan fingerprint density at radius 2 is 1.63 bits per heavy atom. The second kappa shape index (κ2) is 16.0. The number of anilines is 1. The van der Waals surface area contributed by atoms with Crippen molar-refractivity contribution in [2.45, 2.75) is 57.6 Å². The van der Waals surface area contributed by atoms with E-state index in [0.29, 0.717) is 0 Å². The van der Waals surface area contributed by atoms with Gasteiger partial charge in [-0.2, -0.15) is 0 Å². The fraction of sp³-hybridized carbons (Fsp3) is 0.278. The normalized spacial score (nSPS) is 11.9. The highest BCUT2D eigenvalue weighted by Crippen LogP contribution is 2.36. The first-order valence-corrected chi connectivity index (χ1v) is 17.3. The summed E-state index contributed by atoms with van der Waals surface area (Å²) in [6.07, 6.45) is 0.147. The SMILES string of the molecule is COc1ccc(Cl)cc1N(CC(=O)N(Cc1cccc(C)c1)[C@H](Cc1ccccc1)C(=O)NC(C)C)S(=O)(=O)c1ccc(C)c([N+](=O)[O-])c1. The number of aryl methyl sites for hydroxylation is 2. The second-order valence-corrected chi connectivity index (χ2v) is 14.2. The van der Waals surface area contributed by atoms with E-state index in [0.717, 1.165) is 27.1 Å². The number of amides is 2. The molecule has 0 unspecified atom stereocenters. The largest absolute Gasteiger partial charge is 0.495 e. The molecule has 4 aromatic carbocycles. The van der Waals surface area contributed by atoms with E-state index >= 15 is 0 Å². The van der Waals surface area contributed by atoms with E-state index in [1.807, 2.05) is 75.4 Å². The van der Waals surface area contributed by atoms with Crippen molar-refractivity contribution in [3.05, 3.63) is 128 Å². The van der Waals surface area contributed by atoms with Gasteiger partial charge in [0.05, 0.1) is 22.6 Å². The number of benzene rings is 4. The molecule has 258 valence electrons. The van der Waals surface area contributed by atoms with Gasteiger partial charge < -0.3 is 15.0 Å². The maximum Gasteiger partial charge on any atom is 0.273 e. The Kier molecular flexibility index (Phi) is 12.0. The van der Waals surface area contributed by atoms with Gasteiger partial charge in [0.1, 0.15) is 18.3 Å². The van der Waals surface area contributed by atoms with Crippen LogP contribution in [0.3, 0.4) is 0 Å². The summed E-state index contributed by atoms with van der Waals surface area (Å²) in [5, 5.41) is 14.9. The van der Waals surface area contributed by atoms with Crippen molar-refractivity contribution in [3.8, 4) is 5.75 Å². The summed E-state index contributed by atoms with van der Waals surface area (Å²) in [5.41, 5.74) is 2.25. The number of nitrogens with zero attached hydrogens (tertiary/aromatic N) is 3. The van der Waals surface area contributed by atoms with Crippen LogP contribution in [-0.2, 0) is 32.6 Å². The lowest BCUT2D eigenvalue weighted by Crippen LogP contribution is -2.54. The predicted molar refractivity (Wildman–Crippen MR) is 189 cm³/mol. The van der Waals surface area contributed by atoms with Gasteiger partial charge in [0.25, 0.3) is 15.7 Å². The molecule has 4 rings (SSSR count). The standard InChI is InChI=1S/C36H39ClN4O7S/c1-24(2)38-36(43)33(19-27-11-7-6-8-12-27)39(22-28-13-9-10-25(3)18-28)35(42)23-40(32-20-29(37)15-17-34(32)48-5)49(46,47)30-16-14-26(4)31(21-30)41(44)45/h6-18,20-21,24,33H,19,22-23H2,1-5H3,(H,38,43)/t33-/m1/s1. The fourth-order valence-electron chi connectivity index (χ4n) is 5.39. The summed E-state index contributed by atoms with van der Waals surface area (Å²) < 4.78 is 35.2. The number of halogens is 1. The Hall–Kier alpha value is -4.94. The second-order valence-electron chi connectivity index (χ2n) is 11.9. The van der Waals surface area contributed by atoms with Crippen molar-refractivity contribution >= 4 is 44.8 Å². The zero-order valence-electron chi connectivity index (χ0n) is 27.9. The summed E-state index contributed by atoms with van der Waals surface area (Å²) >= 11 is 6.34. The Bertz CT molecular complexity index is 1940. The molecule has 0 aliphatic heterocycles. The van der Waals surface area contributed by atoms with Crippen LogP contribution >= 0.6 is 11.6 Å². The lowest BCUT2D eigenvalue weighted by molar-refractivity contribution is -0.385. The summed E-state index contributed by atoms with van der Waals surface area (Å²) in [6, 6.07) is 23.2. The molecule has 2 amide bonds. The molecule has 1 N–H and O–H groups in total. The lowest BCUT2D eigenvalue weighted by atomic mass is 10.0. The Labute approximate surface area is 291 Å². The highest BCUT2D eigenvalue weighted by Gasteiger charge is 2.36. The van der Waals surface area contributed by atoms with E-state index < -0.39 is 49.9 Å². The number of nitro benzene ring substituents is 1. The first-order chi connectivity index (χ1) is 23.2. The highest BCUT2D eigenvalue weighted by atomic mass is 35.5. The smallest absolute Gasteiger partial charge is 0.273 e. The van der Waals surface area contributed by atoms with Crippen LogP contribution in [-0.4, -0.2) is 55.8 Å². The number of nitro groups is 1. The Morgan fingerprint density at radius 1 is 0.939 bits per heavy atom. The molecule has 0 saturated carbocycles. The number of hydrogen-bond acceptors (Lipinski definition) is 7. The minimum absolute atomic E-state index is 0.0138. The molecule has 0 bridgehead atoms. The third kappa shape index (κ3) is 9.15. The van der Waals surface area contributed by atoms with Crippen molar-refractivity contribution in [3.63, 3.8) is 0 Å². The quantitative estimate of drug-likeness (QED) is 0.121. The van der Waals surface area contributed by atoms with E-state index in [2.05, 4.69) is 5.32 Å². The molecule has 0 saturated heterocycles. The minimum atomic E-state index is -4.67. The van der Waals surface area contributed by atoms with E-state index in [1.54, 1.807) is 0 Å². The number of hydrogen-bond donors (Lipinski definition) is 1. The van der Waals surface area contributed by atoms with Gasteiger partial charge in [0.15, 0.2) is 0 Å². The monoisotopic (exact) mass is 706 g/mol. The predicted octanol–water partition coefficient (Wildman–Crippen LogP) is 6.23. The molecule has 13 heteroatoms. The Morgan fingerprint density at radius 3 is 2.27 bits per heavy atom. The maximum absolute atomic E-state index is 14.7. The number of nitrogens with one attached hydrogen (secondary N) is 1. The third-order valence-corrected chi connectivity index (χ3v) is 9.78. The number of ether oxygens (including phenoxy) is 1. The number of methoxy groups -OCH3 is 1. The highest BCUT2D eigenvalue weighted by molar-refractivity contribution is 7.92. The van der Waals surface area contributed by atoms with Gasteiger partial charge in [-0.1, -0.05) is 77.8 Å². The molecule has 0 aliphatic carbocycles. The van der Waals surface area contributed by atoms with Crippen LogP contribution in [0.4, 0.5) is 11.4 Å². The summed E-state index contributed by atoms with van der Waals surface area (Å²) in [6.45, 7) is 6.22.